The van der Waals surface area contributed by atoms with Crippen LogP contribution >= 0.6 is 15.9 Å². The predicted molar refractivity (Wildman–Crippen MR) is 69.8 cm³/mol. The largest absolute Gasteiger partial charge is 0.496 e. The zero-order chi connectivity index (χ0) is 11.9. The zero-order valence-corrected chi connectivity index (χ0v) is 11.5. The summed E-state index contributed by atoms with van der Waals surface area (Å²) in [4.78, 5) is 0. The van der Waals surface area contributed by atoms with Gasteiger partial charge in [-0.3, -0.25) is 0 Å². The molecular weight excluding hydrogens is 266 g/mol. The molecule has 88 valence electrons. The minimum Gasteiger partial charge on any atom is -0.496 e. The molecule has 2 rings (SSSR count). The average molecular weight is 284 g/mol. The van der Waals surface area contributed by atoms with Crippen molar-refractivity contribution in [3.8, 4) is 5.75 Å². The summed E-state index contributed by atoms with van der Waals surface area (Å²) >= 11 is 3.62. The zero-order valence-electron chi connectivity index (χ0n) is 9.96. The fraction of sp³-hybridized carbons (Fsp3) is 0.538. The Labute approximate surface area is 105 Å². The van der Waals surface area contributed by atoms with Gasteiger partial charge in [0.2, 0.25) is 0 Å². The van der Waals surface area contributed by atoms with E-state index >= 15 is 0 Å². The molecule has 0 spiro atoms. The van der Waals surface area contributed by atoms with Crippen LogP contribution in [0.2, 0.25) is 0 Å². The van der Waals surface area contributed by atoms with E-state index in [0.29, 0.717) is 17.3 Å². The van der Waals surface area contributed by atoms with Crippen molar-refractivity contribution in [2.45, 2.75) is 19.8 Å². The number of methoxy groups -OCH3 is 1. The maximum atomic E-state index is 5.81. The summed E-state index contributed by atoms with van der Waals surface area (Å²) in [6, 6.07) is 6.18. The molecule has 16 heavy (non-hydrogen) atoms. The van der Waals surface area contributed by atoms with E-state index in [4.69, 9.17) is 10.5 Å². The first-order chi connectivity index (χ1) is 7.54. The standard InChI is InChI=1S/C13H18BrNO/c1-13(2)9(7-15)11(13)8-5-4-6-10(16-3)12(8)14/h4-6,9,11H,7,15H2,1-3H3/t9-,11-/m0/s1. The van der Waals surface area contributed by atoms with Crippen LogP contribution in [-0.4, -0.2) is 13.7 Å². The van der Waals surface area contributed by atoms with Crippen LogP contribution in [0.5, 0.6) is 5.75 Å². The van der Waals surface area contributed by atoms with Gasteiger partial charge in [0.15, 0.2) is 0 Å². The number of ether oxygens (including phenoxy) is 1. The van der Waals surface area contributed by atoms with Crippen molar-refractivity contribution in [3.05, 3.63) is 28.2 Å². The van der Waals surface area contributed by atoms with Gasteiger partial charge in [-0.25, -0.2) is 0 Å². The highest BCUT2D eigenvalue weighted by Crippen LogP contribution is 2.65. The van der Waals surface area contributed by atoms with Gasteiger partial charge in [0.05, 0.1) is 11.6 Å². The predicted octanol–water partition coefficient (Wildman–Crippen LogP) is 3.16. The van der Waals surface area contributed by atoms with Crippen LogP contribution in [0.4, 0.5) is 0 Å². The normalized spacial score (nSPS) is 26.6. The lowest BCUT2D eigenvalue weighted by atomic mass is 10.0. The number of benzene rings is 1. The van der Waals surface area contributed by atoms with E-state index in [2.05, 4.69) is 35.8 Å². The van der Waals surface area contributed by atoms with E-state index < -0.39 is 0 Å². The van der Waals surface area contributed by atoms with Crippen LogP contribution in [-0.2, 0) is 0 Å². The van der Waals surface area contributed by atoms with Crippen molar-refractivity contribution in [2.75, 3.05) is 13.7 Å². The molecule has 0 heterocycles. The van der Waals surface area contributed by atoms with Gasteiger partial charge < -0.3 is 10.5 Å². The Hall–Kier alpha value is -0.540. The van der Waals surface area contributed by atoms with Crippen LogP contribution in [0.1, 0.15) is 25.3 Å². The van der Waals surface area contributed by atoms with Crippen LogP contribution < -0.4 is 10.5 Å². The minimum absolute atomic E-state index is 0.309. The summed E-state index contributed by atoms with van der Waals surface area (Å²) in [7, 11) is 1.70. The van der Waals surface area contributed by atoms with Crippen molar-refractivity contribution < 1.29 is 4.74 Å². The number of nitrogens with two attached hydrogens (primary N) is 1. The quantitative estimate of drug-likeness (QED) is 0.925. The van der Waals surface area contributed by atoms with E-state index in [0.717, 1.165) is 16.8 Å². The van der Waals surface area contributed by atoms with E-state index in [1.807, 2.05) is 12.1 Å². The van der Waals surface area contributed by atoms with Crippen LogP contribution in [0, 0.1) is 11.3 Å². The second kappa shape index (κ2) is 4.04. The van der Waals surface area contributed by atoms with Gasteiger partial charge in [-0.2, -0.15) is 0 Å². The Bertz CT molecular complexity index is 403. The molecule has 0 unspecified atom stereocenters. The van der Waals surface area contributed by atoms with Crippen molar-refractivity contribution in [1.82, 2.24) is 0 Å². The number of hydrogen-bond acceptors (Lipinski definition) is 2. The Balaban J connectivity index is 2.36. The van der Waals surface area contributed by atoms with Crippen molar-refractivity contribution in [3.63, 3.8) is 0 Å². The molecule has 0 aliphatic heterocycles. The van der Waals surface area contributed by atoms with Gasteiger partial charge in [0, 0.05) is 0 Å². The number of halogens is 1. The molecule has 1 aromatic carbocycles. The van der Waals surface area contributed by atoms with E-state index in [1.165, 1.54) is 5.56 Å². The highest BCUT2D eigenvalue weighted by molar-refractivity contribution is 9.10. The molecule has 0 radical (unpaired) electrons. The molecule has 0 bridgehead atoms. The van der Waals surface area contributed by atoms with E-state index in [1.54, 1.807) is 7.11 Å². The Kier molecular flexibility index (Phi) is 3.01. The molecule has 1 saturated carbocycles. The van der Waals surface area contributed by atoms with E-state index in [-0.39, 0.29) is 0 Å². The first kappa shape index (κ1) is 11.9. The fourth-order valence-corrected chi connectivity index (χ4v) is 3.40. The van der Waals surface area contributed by atoms with Crippen LogP contribution in [0.25, 0.3) is 0 Å². The molecule has 0 amide bonds. The molecule has 2 atom stereocenters. The van der Waals surface area contributed by atoms with Gasteiger partial charge in [-0.05, 0) is 51.4 Å². The summed E-state index contributed by atoms with van der Waals surface area (Å²) in [6.07, 6.45) is 0. The molecule has 3 heteroatoms. The van der Waals surface area contributed by atoms with Crippen LogP contribution in [0.15, 0.2) is 22.7 Å². The lowest BCUT2D eigenvalue weighted by molar-refractivity contribution is 0.411. The second-order valence-electron chi connectivity index (χ2n) is 5.00. The summed E-state index contributed by atoms with van der Waals surface area (Å²) in [5.41, 5.74) is 7.44. The highest BCUT2D eigenvalue weighted by Gasteiger charge is 2.57. The molecule has 1 aliphatic rings. The molecule has 0 saturated heterocycles. The second-order valence-corrected chi connectivity index (χ2v) is 5.80. The smallest absolute Gasteiger partial charge is 0.133 e. The lowest BCUT2D eigenvalue weighted by Crippen LogP contribution is -2.05. The topological polar surface area (TPSA) is 35.2 Å². The number of hydrogen-bond donors (Lipinski definition) is 1. The number of rotatable bonds is 3. The maximum absolute atomic E-state index is 5.81. The molecule has 2 nitrogen and oxygen atoms in total. The summed E-state index contributed by atoms with van der Waals surface area (Å²) in [6.45, 7) is 5.31. The monoisotopic (exact) mass is 283 g/mol. The van der Waals surface area contributed by atoms with Gasteiger partial charge >= 0.3 is 0 Å². The summed E-state index contributed by atoms with van der Waals surface area (Å²) in [5, 5.41) is 0. The van der Waals surface area contributed by atoms with E-state index in [9.17, 15) is 0 Å². The Morgan fingerprint density at radius 2 is 2.12 bits per heavy atom. The van der Waals surface area contributed by atoms with Crippen molar-refractivity contribution in [1.29, 1.82) is 0 Å². The fourth-order valence-electron chi connectivity index (χ4n) is 2.73. The van der Waals surface area contributed by atoms with Gasteiger partial charge in [0.25, 0.3) is 0 Å². The molecule has 1 fully saturated rings. The Morgan fingerprint density at radius 1 is 1.44 bits per heavy atom. The minimum atomic E-state index is 0.309. The lowest BCUT2D eigenvalue weighted by Gasteiger charge is -2.09. The first-order valence-electron chi connectivity index (χ1n) is 5.56. The Morgan fingerprint density at radius 3 is 2.62 bits per heavy atom. The van der Waals surface area contributed by atoms with Gasteiger partial charge in [-0.1, -0.05) is 26.0 Å². The SMILES string of the molecule is COc1cccc([C@H]2[C@H](CN)C2(C)C)c1Br. The molecule has 1 aromatic rings. The first-order valence-corrected chi connectivity index (χ1v) is 6.35. The third-order valence-electron chi connectivity index (χ3n) is 3.85. The van der Waals surface area contributed by atoms with Crippen molar-refractivity contribution >= 4 is 15.9 Å². The molecule has 0 aromatic heterocycles. The van der Waals surface area contributed by atoms with Gasteiger partial charge in [-0.15, -0.1) is 0 Å². The summed E-state index contributed by atoms with van der Waals surface area (Å²) in [5.74, 6) is 2.02. The maximum Gasteiger partial charge on any atom is 0.133 e. The molecule has 2 N–H and O–H groups in total. The third-order valence-corrected chi connectivity index (χ3v) is 4.70. The summed E-state index contributed by atoms with van der Waals surface area (Å²) < 4.78 is 6.40. The average Bonchev–Trinajstić information content (AvgIpc) is 2.80. The van der Waals surface area contributed by atoms with Gasteiger partial charge in [0.1, 0.15) is 5.75 Å². The highest BCUT2D eigenvalue weighted by atomic mass is 79.9. The molecule has 1 aliphatic carbocycles. The van der Waals surface area contributed by atoms with Crippen LogP contribution in [0.3, 0.4) is 0 Å². The van der Waals surface area contributed by atoms with Crippen molar-refractivity contribution in [2.24, 2.45) is 17.1 Å². The molecular formula is C13H18BrNO. The third kappa shape index (κ3) is 1.66.